The van der Waals surface area contributed by atoms with Crippen LogP contribution in [0.3, 0.4) is 0 Å². The van der Waals surface area contributed by atoms with Crippen molar-refractivity contribution in [2.24, 2.45) is 11.7 Å². The van der Waals surface area contributed by atoms with Crippen molar-refractivity contribution in [3.63, 3.8) is 0 Å². The molecule has 0 bridgehead atoms. The maximum Gasteiger partial charge on any atom is 0.417 e. The van der Waals surface area contributed by atoms with Crippen LogP contribution in [0.15, 0.2) is 23.1 Å². The predicted octanol–water partition coefficient (Wildman–Crippen LogP) is 2.83. The van der Waals surface area contributed by atoms with Crippen molar-refractivity contribution in [2.45, 2.75) is 42.8 Å². The summed E-state index contributed by atoms with van der Waals surface area (Å²) in [5.41, 5.74) is 3.18. The average Bonchev–Trinajstić information content (AvgIpc) is 3.05. The number of halogens is 4. The summed E-state index contributed by atoms with van der Waals surface area (Å²) < 4.78 is 66.8. The largest absolute Gasteiger partial charge is 0.417 e. The number of nitro groups is 1. The number of benzene rings is 1. The van der Waals surface area contributed by atoms with E-state index in [-0.39, 0.29) is 30.9 Å². The first kappa shape index (κ1) is 22.6. The molecule has 12 heteroatoms. The van der Waals surface area contributed by atoms with Gasteiger partial charge < -0.3 is 5.73 Å². The van der Waals surface area contributed by atoms with Crippen LogP contribution < -0.4 is 10.5 Å². The predicted molar refractivity (Wildman–Crippen MR) is 90.5 cm³/mol. The van der Waals surface area contributed by atoms with Gasteiger partial charge in [0.1, 0.15) is 0 Å². The molecule has 1 unspecified atom stereocenters. The lowest BCUT2D eigenvalue weighted by Crippen LogP contribution is -2.44. The number of non-ortho nitro benzene ring substituents is 1. The van der Waals surface area contributed by atoms with Gasteiger partial charge in [-0.25, -0.2) is 13.1 Å². The van der Waals surface area contributed by atoms with Crippen LogP contribution in [0.4, 0.5) is 18.9 Å². The summed E-state index contributed by atoms with van der Waals surface area (Å²) in [6.07, 6.45) is -1.74. The molecule has 26 heavy (non-hydrogen) atoms. The Hall–Kier alpha value is -1.43. The topological polar surface area (TPSA) is 115 Å². The molecule has 0 aliphatic heterocycles. The van der Waals surface area contributed by atoms with Gasteiger partial charge in [0.15, 0.2) is 0 Å². The first-order chi connectivity index (χ1) is 11.6. The molecule has 0 aromatic heterocycles. The van der Waals surface area contributed by atoms with Crippen molar-refractivity contribution in [2.75, 3.05) is 6.54 Å². The number of nitro benzene ring substituents is 1. The minimum absolute atomic E-state index is 0. The molecular weight excluding hydrogens is 399 g/mol. The summed E-state index contributed by atoms with van der Waals surface area (Å²) in [5, 5.41) is 10.7. The second kappa shape index (κ2) is 8.51. The number of nitrogens with two attached hydrogens (primary N) is 1. The van der Waals surface area contributed by atoms with Gasteiger partial charge in [-0.05, 0) is 24.8 Å². The van der Waals surface area contributed by atoms with E-state index in [2.05, 4.69) is 4.72 Å². The van der Waals surface area contributed by atoms with Gasteiger partial charge in [-0.15, -0.1) is 12.4 Å². The maximum absolute atomic E-state index is 13.2. The number of nitrogens with one attached hydrogen (secondary N) is 1. The van der Waals surface area contributed by atoms with Crippen LogP contribution in [-0.2, 0) is 16.2 Å². The zero-order chi connectivity index (χ0) is 18.8. The summed E-state index contributed by atoms with van der Waals surface area (Å²) in [4.78, 5) is 8.64. The summed E-state index contributed by atoms with van der Waals surface area (Å²) in [7, 11) is -4.54. The number of alkyl halides is 3. The maximum atomic E-state index is 13.2. The number of hydrogen-bond acceptors (Lipinski definition) is 5. The number of nitrogens with zero attached hydrogens (tertiary/aromatic N) is 1. The minimum atomic E-state index is -5.05. The molecule has 0 heterocycles. The second-order valence-electron chi connectivity index (χ2n) is 5.94. The number of hydrogen-bond donors (Lipinski definition) is 2. The first-order valence-electron chi connectivity index (χ1n) is 7.64. The molecule has 1 fully saturated rings. The van der Waals surface area contributed by atoms with Crippen LogP contribution in [0, 0.1) is 16.0 Å². The van der Waals surface area contributed by atoms with Crippen LogP contribution in [0.2, 0.25) is 0 Å². The van der Waals surface area contributed by atoms with Crippen molar-refractivity contribution < 1.29 is 26.5 Å². The number of rotatable bonds is 6. The van der Waals surface area contributed by atoms with Crippen LogP contribution in [-0.4, -0.2) is 25.9 Å². The number of sulfonamides is 1. The molecule has 7 nitrogen and oxygen atoms in total. The van der Waals surface area contributed by atoms with Crippen molar-refractivity contribution in [1.29, 1.82) is 0 Å². The van der Waals surface area contributed by atoms with Gasteiger partial charge in [-0.3, -0.25) is 10.1 Å². The Bertz CT molecular complexity index is 752. The van der Waals surface area contributed by atoms with E-state index in [4.69, 9.17) is 5.73 Å². The minimum Gasteiger partial charge on any atom is -0.329 e. The van der Waals surface area contributed by atoms with Crippen LogP contribution in [0.25, 0.3) is 0 Å². The molecule has 1 saturated carbocycles. The molecule has 0 amide bonds. The van der Waals surface area contributed by atoms with Gasteiger partial charge in [0, 0.05) is 24.7 Å². The van der Waals surface area contributed by atoms with E-state index in [1.807, 2.05) is 0 Å². The van der Waals surface area contributed by atoms with E-state index in [1.54, 1.807) is 0 Å². The Labute approximate surface area is 154 Å². The molecule has 1 aromatic rings. The third-order valence-corrected chi connectivity index (χ3v) is 5.85. The molecule has 2 rings (SSSR count). The Morgan fingerprint density at radius 2 is 1.88 bits per heavy atom. The molecule has 1 atom stereocenters. The van der Waals surface area contributed by atoms with Crippen LogP contribution in [0.5, 0.6) is 0 Å². The molecule has 3 N–H and O–H groups in total. The lowest BCUT2D eigenvalue weighted by atomic mass is 9.99. The lowest BCUT2D eigenvalue weighted by molar-refractivity contribution is -0.385. The highest BCUT2D eigenvalue weighted by atomic mass is 35.5. The zero-order valence-corrected chi connectivity index (χ0v) is 15.2. The Morgan fingerprint density at radius 1 is 1.31 bits per heavy atom. The second-order valence-corrected chi connectivity index (χ2v) is 7.63. The summed E-state index contributed by atoms with van der Waals surface area (Å²) >= 11 is 0. The van der Waals surface area contributed by atoms with E-state index in [0.717, 1.165) is 31.7 Å². The van der Waals surface area contributed by atoms with Gasteiger partial charge in [0.2, 0.25) is 10.0 Å². The molecule has 1 aliphatic carbocycles. The van der Waals surface area contributed by atoms with Crippen molar-refractivity contribution in [3.05, 3.63) is 33.9 Å². The zero-order valence-electron chi connectivity index (χ0n) is 13.5. The molecule has 1 aliphatic rings. The van der Waals surface area contributed by atoms with Crippen molar-refractivity contribution in [3.8, 4) is 0 Å². The van der Waals surface area contributed by atoms with E-state index in [9.17, 15) is 31.7 Å². The van der Waals surface area contributed by atoms with Gasteiger partial charge >= 0.3 is 6.18 Å². The Kier molecular flexibility index (Phi) is 7.40. The monoisotopic (exact) mass is 417 g/mol. The summed E-state index contributed by atoms with van der Waals surface area (Å²) in [6, 6.07) is 0.882. The SMILES string of the molecule is Cl.NCC(NS(=O)(=O)c1ccc([N+](=O)[O-])cc1C(F)(F)F)C1CCCC1. The molecule has 1 aromatic carbocycles. The third-order valence-electron chi connectivity index (χ3n) is 4.30. The van der Waals surface area contributed by atoms with Crippen LogP contribution >= 0.6 is 12.4 Å². The highest BCUT2D eigenvalue weighted by Gasteiger charge is 2.40. The summed E-state index contributed by atoms with van der Waals surface area (Å²) in [5.74, 6) is -0.0350. The van der Waals surface area contributed by atoms with E-state index < -0.39 is 43.3 Å². The fourth-order valence-electron chi connectivity index (χ4n) is 3.05. The Morgan fingerprint density at radius 3 is 2.35 bits per heavy atom. The standard InChI is InChI=1S/C14H18F3N3O4S.ClH/c15-14(16,17)11-7-10(20(21)22)5-6-13(11)25(23,24)19-12(8-18)9-3-1-2-4-9;/h5-7,9,12,19H,1-4,8,18H2;1H. The summed E-state index contributed by atoms with van der Waals surface area (Å²) in [6.45, 7) is -0.0434. The van der Waals surface area contributed by atoms with Gasteiger partial charge in [0.25, 0.3) is 5.69 Å². The van der Waals surface area contributed by atoms with Crippen LogP contribution in [0.1, 0.15) is 31.2 Å². The van der Waals surface area contributed by atoms with Crippen molar-refractivity contribution in [1.82, 2.24) is 4.72 Å². The molecule has 0 spiro atoms. The molecule has 0 saturated heterocycles. The fourth-order valence-corrected chi connectivity index (χ4v) is 4.57. The Balaban J connectivity index is 0.00000338. The fraction of sp³-hybridized carbons (Fsp3) is 0.571. The highest BCUT2D eigenvalue weighted by Crippen LogP contribution is 2.37. The molecule has 148 valence electrons. The molecule has 0 radical (unpaired) electrons. The van der Waals surface area contributed by atoms with E-state index in [1.165, 1.54) is 0 Å². The first-order valence-corrected chi connectivity index (χ1v) is 9.12. The smallest absolute Gasteiger partial charge is 0.329 e. The van der Waals surface area contributed by atoms with Gasteiger partial charge in [-0.1, -0.05) is 12.8 Å². The quantitative estimate of drug-likeness (QED) is 0.545. The van der Waals surface area contributed by atoms with Gasteiger partial charge in [-0.2, -0.15) is 13.2 Å². The normalized spacial score (nSPS) is 16.9. The lowest BCUT2D eigenvalue weighted by Gasteiger charge is -2.24. The average molecular weight is 418 g/mol. The third kappa shape index (κ3) is 5.06. The van der Waals surface area contributed by atoms with E-state index in [0.29, 0.717) is 6.07 Å². The highest BCUT2D eigenvalue weighted by molar-refractivity contribution is 7.89. The molecular formula is C14H19ClF3N3O4S. The van der Waals surface area contributed by atoms with Gasteiger partial charge in [0.05, 0.1) is 15.4 Å². The van der Waals surface area contributed by atoms with Crippen molar-refractivity contribution >= 4 is 28.1 Å². The van der Waals surface area contributed by atoms with E-state index >= 15 is 0 Å².